The number of hydrogen-bond donors (Lipinski definition) is 1. The summed E-state index contributed by atoms with van der Waals surface area (Å²) in [5.41, 5.74) is 6.63. The number of nitrogens with two attached hydrogens (primary N) is 1. The Balaban J connectivity index is 2.06. The summed E-state index contributed by atoms with van der Waals surface area (Å²) >= 11 is 6.84. The summed E-state index contributed by atoms with van der Waals surface area (Å²) < 4.78 is 13.2. The Bertz CT molecular complexity index is 552. The average Bonchev–Trinajstić information content (AvgIpc) is 2.69. The van der Waals surface area contributed by atoms with Gasteiger partial charge in [0.2, 0.25) is 0 Å². The van der Waals surface area contributed by atoms with Gasteiger partial charge in [0.05, 0.1) is 11.0 Å². The van der Waals surface area contributed by atoms with E-state index in [1.54, 1.807) is 0 Å². The van der Waals surface area contributed by atoms with Crippen molar-refractivity contribution in [3.63, 3.8) is 0 Å². The zero-order chi connectivity index (χ0) is 13.1. The van der Waals surface area contributed by atoms with Crippen molar-refractivity contribution in [1.82, 2.24) is 0 Å². The largest absolute Gasteiger partial charge is 0.484 e. The minimum atomic E-state index is 0.390. The lowest BCUT2D eigenvalue weighted by Crippen LogP contribution is -1.96. The Morgan fingerprint density at radius 1 is 1.28 bits per heavy atom. The second-order valence-electron chi connectivity index (χ2n) is 3.89. The van der Waals surface area contributed by atoms with Crippen molar-refractivity contribution in [2.45, 2.75) is 20.1 Å². The molecule has 0 unspecified atom stereocenters. The number of rotatable bonds is 4. The fourth-order valence-electron chi connectivity index (χ4n) is 1.61. The van der Waals surface area contributed by atoms with Crippen LogP contribution in [0.3, 0.4) is 0 Å². The summed E-state index contributed by atoms with van der Waals surface area (Å²) in [6.07, 6.45) is 0. The van der Waals surface area contributed by atoms with Crippen LogP contribution < -0.4 is 10.5 Å². The molecule has 0 aliphatic carbocycles. The van der Waals surface area contributed by atoms with Gasteiger partial charge >= 0.3 is 0 Å². The van der Waals surface area contributed by atoms with E-state index in [0.717, 1.165) is 31.8 Å². The molecule has 0 amide bonds. The molecule has 2 rings (SSSR count). The van der Waals surface area contributed by atoms with Crippen LogP contribution in [0, 0.1) is 6.92 Å². The van der Waals surface area contributed by atoms with Gasteiger partial charge in [0.1, 0.15) is 23.9 Å². The summed E-state index contributed by atoms with van der Waals surface area (Å²) in [6, 6.07) is 7.72. The Morgan fingerprint density at radius 2 is 2.06 bits per heavy atom. The SMILES string of the molecule is Cc1cc(COc2ccc(Br)cc2Br)oc1CN. The number of halogens is 2. The van der Waals surface area contributed by atoms with Crippen LogP contribution in [-0.2, 0) is 13.2 Å². The van der Waals surface area contributed by atoms with Crippen molar-refractivity contribution in [3.8, 4) is 5.75 Å². The van der Waals surface area contributed by atoms with Gasteiger partial charge in [-0.05, 0) is 52.7 Å². The minimum Gasteiger partial charge on any atom is -0.484 e. The van der Waals surface area contributed by atoms with Crippen molar-refractivity contribution in [3.05, 3.63) is 50.3 Å². The normalized spacial score (nSPS) is 10.7. The molecule has 1 heterocycles. The third kappa shape index (κ3) is 3.16. The van der Waals surface area contributed by atoms with Gasteiger partial charge in [-0.25, -0.2) is 0 Å². The molecule has 96 valence electrons. The van der Waals surface area contributed by atoms with Gasteiger partial charge in [-0.3, -0.25) is 0 Å². The highest BCUT2D eigenvalue weighted by atomic mass is 79.9. The molecule has 2 aromatic rings. The maximum absolute atomic E-state index is 5.69. The number of benzene rings is 1. The lowest BCUT2D eigenvalue weighted by Gasteiger charge is -2.06. The van der Waals surface area contributed by atoms with Gasteiger partial charge in [0.15, 0.2) is 0 Å². The van der Waals surface area contributed by atoms with E-state index >= 15 is 0 Å². The Kier molecular flexibility index (Phi) is 4.48. The third-order valence-corrected chi connectivity index (χ3v) is 3.63. The molecule has 0 fully saturated rings. The summed E-state index contributed by atoms with van der Waals surface area (Å²) in [7, 11) is 0. The first kappa shape index (κ1) is 13.6. The van der Waals surface area contributed by atoms with Crippen molar-refractivity contribution in [1.29, 1.82) is 0 Å². The van der Waals surface area contributed by atoms with Gasteiger partial charge in [-0.1, -0.05) is 15.9 Å². The predicted octanol–water partition coefficient (Wildman–Crippen LogP) is 4.15. The third-order valence-electron chi connectivity index (χ3n) is 2.52. The molecule has 0 spiro atoms. The van der Waals surface area contributed by atoms with E-state index in [2.05, 4.69) is 31.9 Å². The van der Waals surface area contributed by atoms with Crippen molar-refractivity contribution < 1.29 is 9.15 Å². The summed E-state index contributed by atoms with van der Waals surface area (Å²) in [5, 5.41) is 0. The van der Waals surface area contributed by atoms with Crippen molar-refractivity contribution in [2.24, 2.45) is 5.73 Å². The molecule has 0 radical (unpaired) electrons. The first-order valence-electron chi connectivity index (χ1n) is 5.46. The smallest absolute Gasteiger partial charge is 0.146 e. The molecule has 18 heavy (non-hydrogen) atoms. The summed E-state index contributed by atoms with van der Waals surface area (Å²) in [4.78, 5) is 0. The first-order chi connectivity index (χ1) is 8.60. The second-order valence-corrected chi connectivity index (χ2v) is 5.66. The highest BCUT2D eigenvalue weighted by Crippen LogP contribution is 2.29. The van der Waals surface area contributed by atoms with Crippen LogP contribution in [0.1, 0.15) is 17.1 Å². The minimum absolute atomic E-state index is 0.390. The van der Waals surface area contributed by atoms with Crippen LogP contribution in [0.2, 0.25) is 0 Å². The van der Waals surface area contributed by atoms with Crippen LogP contribution in [0.5, 0.6) is 5.75 Å². The van der Waals surface area contributed by atoms with Crippen molar-refractivity contribution in [2.75, 3.05) is 0 Å². The number of hydrogen-bond acceptors (Lipinski definition) is 3. The molecular formula is C13H13Br2NO2. The van der Waals surface area contributed by atoms with Crippen LogP contribution in [0.15, 0.2) is 37.6 Å². The van der Waals surface area contributed by atoms with Crippen molar-refractivity contribution >= 4 is 31.9 Å². The van der Waals surface area contributed by atoms with E-state index in [4.69, 9.17) is 14.9 Å². The summed E-state index contributed by atoms with van der Waals surface area (Å²) in [5.74, 6) is 2.37. The fourth-order valence-corrected chi connectivity index (χ4v) is 2.77. The molecule has 0 atom stereocenters. The molecule has 3 nitrogen and oxygen atoms in total. The maximum Gasteiger partial charge on any atom is 0.146 e. The van der Waals surface area contributed by atoms with Gasteiger partial charge in [0, 0.05) is 4.47 Å². The predicted molar refractivity (Wildman–Crippen MR) is 77.5 cm³/mol. The molecule has 0 saturated heterocycles. The molecule has 2 N–H and O–H groups in total. The first-order valence-corrected chi connectivity index (χ1v) is 7.05. The highest BCUT2D eigenvalue weighted by molar-refractivity contribution is 9.11. The zero-order valence-electron chi connectivity index (χ0n) is 9.87. The molecule has 1 aromatic carbocycles. The van der Waals surface area contributed by atoms with E-state index in [-0.39, 0.29) is 0 Å². The molecule has 5 heteroatoms. The Morgan fingerprint density at radius 3 is 2.67 bits per heavy atom. The topological polar surface area (TPSA) is 48.4 Å². The van der Waals surface area contributed by atoms with Crippen LogP contribution in [-0.4, -0.2) is 0 Å². The number of aryl methyl sites for hydroxylation is 1. The van der Waals surface area contributed by atoms with Crippen LogP contribution in [0.25, 0.3) is 0 Å². The zero-order valence-corrected chi connectivity index (χ0v) is 13.0. The molecule has 0 saturated carbocycles. The Hall–Kier alpha value is -0.780. The van der Waals surface area contributed by atoms with E-state index in [9.17, 15) is 0 Å². The average molecular weight is 375 g/mol. The van der Waals surface area contributed by atoms with Crippen LogP contribution in [0.4, 0.5) is 0 Å². The van der Waals surface area contributed by atoms with Gasteiger partial charge < -0.3 is 14.9 Å². The number of furan rings is 1. The highest BCUT2D eigenvalue weighted by Gasteiger charge is 2.08. The standard InChI is InChI=1S/C13H13Br2NO2/c1-8-4-10(18-13(8)6-16)7-17-12-3-2-9(14)5-11(12)15/h2-5H,6-7,16H2,1H3. The monoisotopic (exact) mass is 373 g/mol. The van der Waals surface area contributed by atoms with Crippen LogP contribution >= 0.6 is 31.9 Å². The summed E-state index contributed by atoms with van der Waals surface area (Å²) in [6.45, 7) is 2.78. The van der Waals surface area contributed by atoms with E-state index in [1.165, 1.54) is 0 Å². The second kappa shape index (κ2) is 5.91. The fraction of sp³-hybridized carbons (Fsp3) is 0.231. The maximum atomic E-state index is 5.69. The lowest BCUT2D eigenvalue weighted by atomic mass is 10.2. The Labute approximate surface area is 123 Å². The van der Waals surface area contributed by atoms with E-state index in [0.29, 0.717) is 13.2 Å². The van der Waals surface area contributed by atoms with Gasteiger partial charge in [-0.2, -0.15) is 0 Å². The molecule has 0 bridgehead atoms. The molecule has 0 aliphatic heterocycles. The quantitative estimate of drug-likeness (QED) is 0.874. The molecule has 0 aliphatic rings. The van der Waals surface area contributed by atoms with Gasteiger partial charge in [0.25, 0.3) is 0 Å². The van der Waals surface area contributed by atoms with Gasteiger partial charge in [-0.15, -0.1) is 0 Å². The molecular weight excluding hydrogens is 362 g/mol. The van der Waals surface area contributed by atoms with E-state index < -0.39 is 0 Å². The number of ether oxygens (including phenoxy) is 1. The molecule has 1 aromatic heterocycles. The lowest BCUT2D eigenvalue weighted by molar-refractivity contribution is 0.264. The van der Waals surface area contributed by atoms with E-state index in [1.807, 2.05) is 31.2 Å².